The first-order chi connectivity index (χ1) is 8.34. The van der Waals surface area contributed by atoms with E-state index in [0.29, 0.717) is 11.5 Å². The van der Waals surface area contributed by atoms with Crippen LogP contribution in [0.1, 0.15) is 50.3 Å². The normalized spacial score (nSPS) is 13.7. The summed E-state index contributed by atoms with van der Waals surface area (Å²) in [5, 5.41) is 3.45. The summed E-state index contributed by atoms with van der Waals surface area (Å²) in [7, 11) is 2.08. The number of hydrogen-bond donors (Lipinski definition) is 1. The van der Waals surface area contributed by atoms with Gasteiger partial charge < -0.3 is 5.32 Å². The van der Waals surface area contributed by atoms with Crippen LogP contribution in [0.2, 0.25) is 0 Å². The maximum Gasteiger partial charge on any atom is 0.0113 e. The van der Waals surface area contributed by atoms with Gasteiger partial charge in [-0.05, 0) is 62.3 Å². The van der Waals surface area contributed by atoms with E-state index in [1.54, 1.807) is 0 Å². The molecule has 1 unspecified atom stereocenters. The van der Waals surface area contributed by atoms with Crippen molar-refractivity contribution in [3.05, 3.63) is 34.9 Å². The van der Waals surface area contributed by atoms with E-state index in [1.165, 1.54) is 36.0 Å². The average molecular weight is 247 g/mol. The molecule has 1 heteroatoms. The lowest BCUT2D eigenvalue weighted by atomic mass is 9.83. The third-order valence-corrected chi connectivity index (χ3v) is 3.92. The van der Waals surface area contributed by atoms with Crippen molar-refractivity contribution in [3.63, 3.8) is 0 Å². The molecule has 0 fully saturated rings. The molecule has 1 rings (SSSR count). The Balaban J connectivity index is 2.48. The molecule has 0 aliphatic heterocycles. The SMILES string of the molecule is CNC(CCCc1ccc(C)c(C)c1)C(C)(C)C. The van der Waals surface area contributed by atoms with Crippen LogP contribution < -0.4 is 5.32 Å². The summed E-state index contributed by atoms with van der Waals surface area (Å²) in [5.74, 6) is 0. The topological polar surface area (TPSA) is 12.0 Å². The summed E-state index contributed by atoms with van der Waals surface area (Å²) in [6.45, 7) is 11.3. The molecule has 0 aliphatic rings. The first-order valence-corrected chi connectivity index (χ1v) is 7.08. The van der Waals surface area contributed by atoms with Gasteiger partial charge in [-0.2, -0.15) is 0 Å². The summed E-state index contributed by atoms with van der Waals surface area (Å²) >= 11 is 0. The molecule has 0 saturated carbocycles. The zero-order valence-corrected chi connectivity index (χ0v) is 12.9. The highest BCUT2D eigenvalue weighted by atomic mass is 14.9. The molecular weight excluding hydrogens is 218 g/mol. The maximum absolute atomic E-state index is 3.45. The van der Waals surface area contributed by atoms with Crippen molar-refractivity contribution in [2.75, 3.05) is 7.05 Å². The molecule has 0 bridgehead atoms. The van der Waals surface area contributed by atoms with Crippen molar-refractivity contribution in [3.8, 4) is 0 Å². The Morgan fingerprint density at radius 1 is 1.11 bits per heavy atom. The van der Waals surface area contributed by atoms with Gasteiger partial charge in [0.25, 0.3) is 0 Å². The molecule has 1 N–H and O–H groups in total. The van der Waals surface area contributed by atoms with Gasteiger partial charge in [0.05, 0.1) is 0 Å². The zero-order chi connectivity index (χ0) is 13.8. The van der Waals surface area contributed by atoms with Gasteiger partial charge in [-0.25, -0.2) is 0 Å². The molecule has 1 nitrogen and oxygen atoms in total. The molecule has 0 aliphatic carbocycles. The fourth-order valence-corrected chi connectivity index (χ4v) is 2.48. The zero-order valence-electron chi connectivity index (χ0n) is 12.9. The van der Waals surface area contributed by atoms with E-state index in [-0.39, 0.29) is 0 Å². The van der Waals surface area contributed by atoms with Crippen molar-refractivity contribution in [1.29, 1.82) is 0 Å². The number of benzene rings is 1. The van der Waals surface area contributed by atoms with Gasteiger partial charge in [0.2, 0.25) is 0 Å². The molecule has 0 heterocycles. The van der Waals surface area contributed by atoms with Crippen LogP contribution in [0.4, 0.5) is 0 Å². The Bertz CT molecular complexity index is 374. The van der Waals surface area contributed by atoms with Crippen molar-refractivity contribution in [1.82, 2.24) is 5.32 Å². The molecule has 1 aromatic rings. The minimum absolute atomic E-state index is 0.345. The van der Waals surface area contributed by atoms with Gasteiger partial charge in [-0.1, -0.05) is 39.0 Å². The maximum atomic E-state index is 3.45. The number of nitrogens with one attached hydrogen (secondary N) is 1. The minimum atomic E-state index is 0.345. The predicted octanol–water partition coefficient (Wildman–Crippen LogP) is 4.26. The van der Waals surface area contributed by atoms with E-state index in [4.69, 9.17) is 0 Å². The van der Waals surface area contributed by atoms with Gasteiger partial charge >= 0.3 is 0 Å². The lowest BCUT2D eigenvalue weighted by Crippen LogP contribution is -2.37. The van der Waals surface area contributed by atoms with Crippen LogP contribution in [0.25, 0.3) is 0 Å². The summed E-state index contributed by atoms with van der Waals surface area (Å²) < 4.78 is 0. The van der Waals surface area contributed by atoms with Crippen molar-refractivity contribution < 1.29 is 0 Å². The average Bonchev–Trinajstić information content (AvgIpc) is 2.27. The van der Waals surface area contributed by atoms with E-state index in [1.807, 2.05) is 0 Å². The van der Waals surface area contributed by atoms with Crippen LogP contribution >= 0.6 is 0 Å². The van der Waals surface area contributed by atoms with Gasteiger partial charge in [-0.3, -0.25) is 0 Å². The highest BCUT2D eigenvalue weighted by Crippen LogP contribution is 2.23. The van der Waals surface area contributed by atoms with E-state index in [9.17, 15) is 0 Å². The Kier molecular flexibility index (Phi) is 5.40. The molecule has 1 atom stereocenters. The molecule has 0 spiro atoms. The summed E-state index contributed by atoms with van der Waals surface area (Å²) in [6, 6.07) is 7.45. The second-order valence-corrected chi connectivity index (χ2v) is 6.52. The number of hydrogen-bond acceptors (Lipinski definition) is 1. The lowest BCUT2D eigenvalue weighted by molar-refractivity contribution is 0.263. The summed E-state index contributed by atoms with van der Waals surface area (Å²) in [5.41, 5.74) is 4.62. The molecule has 0 saturated heterocycles. The molecule has 1 aromatic carbocycles. The Hall–Kier alpha value is -0.820. The second kappa shape index (κ2) is 6.38. The standard InChI is InChI=1S/C17H29N/c1-13-10-11-15(12-14(13)2)8-7-9-16(18-6)17(3,4)5/h10-12,16,18H,7-9H2,1-6H3. The third-order valence-electron chi connectivity index (χ3n) is 3.92. The van der Waals surface area contributed by atoms with Crippen molar-refractivity contribution in [2.45, 2.75) is 59.9 Å². The summed E-state index contributed by atoms with van der Waals surface area (Å²) in [4.78, 5) is 0. The van der Waals surface area contributed by atoms with Crippen molar-refractivity contribution >= 4 is 0 Å². The van der Waals surface area contributed by atoms with Gasteiger partial charge in [0, 0.05) is 6.04 Å². The van der Waals surface area contributed by atoms with E-state index in [2.05, 4.69) is 65.2 Å². The summed E-state index contributed by atoms with van der Waals surface area (Å²) in [6.07, 6.45) is 3.69. The van der Waals surface area contributed by atoms with E-state index < -0.39 is 0 Å². The monoisotopic (exact) mass is 247 g/mol. The lowest BCUT2D eigenvalue weighted by Gasteiger charge is -2.30. The molecule has 102 valence electrons. The quantitative estimate of drug-likeness (QED) is 0.819. The predicted molar refractivity (Wildman–Crippen MR) is 81.2 cm³/mol. The largest absolute Gasteiger partial charge is 0.316 e. The third kappa shape index (κ3) is 4.45. The van der Waals surface area contributed by atoms with Gasteiger partial charge in [0.1, 0.15) is 0 Å². The van der Waals surface area contributed by atoms with Crippen LogP contribution in [0.15, 0.2) is 18.2 Å². The van der Waals surface area contributed by atoms with Crippen LogP contribution in [-0.4, -0.2) is 13.1 Å². The highest BCUT2D eigenvalue weighted by molar-refractivity contribution is 5.29. The fourth-order valence-electron chi connectivity index (χ4n) is 2.48. The molecule has 0 amide bonds. The Morgan fingerprint density at radius 2 is 1.78 bits per heavy atom. The molecule has 0 aromatic heterocycles. The highest BCUT2D eigenvalue weighted by Gasteiger charge is 2.21. The van der Waals surface area contributed by atoms with Crippen LogP contribution in [-0.2, 0) is 6.42 Å². The second-order valence-electron chi connectivity index (χ2n) is 6.52. The number of aryl methyl sites for hydroxylation is 3. The van der Waals surface area contributed by atoms with Crippen LogP contribution in [0.3, 0.4) is 0 Å². The van der Waals surface area contributed by atoms with Crippen LogP contribution in [0.5, 0.6) is 0 Å². The minimum Gasteiger partial charge on any atom is -0.316 e. The Morgan fingerprint density at radius 3 is 2.28 bits per heavy atom. The van der Waals surface area contributed by atoms with Crippen LogP contribution in [0, 0.1) is 19.3 Å². The first-order valence-electron chi connectivity index (χ1n) is 7.08. The van der Waals surface area contributed by atoms with E-state index >= 15 is 0 Å². The smallest absolute Gasteiger partial charge is 0.0113 e. The molecule has 0 radical (unpaired) electrons. The Labute approximate surface area is 113 Å². The van der Waals surface area contributed by atoms with Crippen molar-refractivity contribution in [2.24, 2.45) is 5.41 Å². The first kappa shape index (κ1) is 15.2. The molecule has 18 heavy (non-hydrogen) atoms. The van der Waals surface area contributed by atoms with E-state index in [0.717, 1.165) is 0 Å². The van der Waals surface area contributed by atoms with Gasteiger partial charge in [-0.15, -0.1) is 0 Å². The fraction of sp³-hybridized carbons (Fsp3) is 0.647. The number of rotatable bonds is 5. The molecular formula is C17H29N. The van der Waals surface area contributed by atoms with Gasteiger partial charge in [0.15, 0.2) is 0 Å².